The van der Waals surface area contributed by atoms with Crippen LogP contribution < -0.4 is 5.48 Å². The van der Waals surface area contributed by atoms with E-state index in [2.05, 4.69) is 10.4 Å². The van der Waals surface area contributed by atoms with Crippen LogP contribution in [0.25, 0.3) is 0 Å². The standard InChI is InChI=1S/C14H17F3N2O2/c15-14(16,17)12-5-3-11(4-6-12)13(20)18-21-10-9-19-7-1-2-8-19/h3-6H,1-2,7-10H2,(H,18,20). The first-order valence-electron chi connectivity index (χ1n) is 6.78. The number of benzene rings is 1. The summed E-state index contributed by atoms with van der Waals surface area (Å²) in [5.41, 5.74) is 1.58. The number of hydrogen-bond donors (Lipinski definition) is 1. The van der Waals surface area contributed by atoms with E-state index in [-0.39, 0.29) is 5.56 Å². The molecule has 21 heavy (non-hydrogen) atoms. The molecule has 1 aromatic carbocycles. The minimum absolute atomic E-state index is 0.129. The highest BCUT2D eigenvalue weighted by Crippen LogP contribution is 2.29. The van der Waals surface area contributed by atoms with Gasteiger partial charge in [-0.1, -0.05) is 0 Å². The van der Waals surface area contributed by atoms with Gasteiger partial charge in [0, 0.05) is 12.1 Å². The van der Waals surface area contributed by atoms with Gasteiger partial charge in [0.2, 0.25) is 0 Å². The Bertz CT molecular complexity index is 468. The van der Waals surface area contributed by atoms with Crippen molar-refractivity contribution in [3.05, 3.63) is 35.4 Å². The fraction of sp³-hybridized carbons (Fsp3) is 0.500. The number of hydroxylamine groups is 1. The zero-order valence-corrected chi connectivity index (χ0v) is 11.4. The van der Waals surface area contributed by atoms with Gasteiger partial charge >= 0.3 is 6.18 Å². The van der Waals surface area contributed by atoms with Crippen LogP contribution in [0.5, 0.6) is 0 Å². The van der Waals surface area contributed by atoms with Crippen LogP contribution in [0.1, 0.15) is 28.8 Å². The summed E-state index contributed by atoms with van der Waals surface area (Å²) in [6.45, 7) is 3.16. The summed E-state index contributed by atoms with van der Waals surface area (Å²) in [5.74, 6) is -0.551. The van der Waals surface area contributed by atoms with Crippen LogP contribution in [-0.2, 0) is 11.0 Å². The first-order chi connectivity index (χ1) is 9.97. The molecule has 0 bridgehead atoms. The van der Waals surface area contributed by atoms with Gasteiger partial charge in [-0.2, -0.15) is 13.2 Å². The molecular weight excluding hydrogens is 285 g/mol. The Morgan fingerprint density at radius 3 is 2.38 bits per heavy atom. The van der Waals surface area contributed by atoms with Gasteiger partial charge in [0.05, 0.1) is 12.2 Å². The summed E-state index contributed by atoms with van der Waals surface area (Å²) in [6, 6.07) is 4.00. The molecule has 1 amide bonds. The molecule has 2 rings (SSSR count). The third-order valence-electron chi connectivity index (χ3n) is 3.35. The molecule has 1 heterocycles. The predicted octanol–water partition coefficient (Wildman–Crippen LogP) is 2.46. The smallest absolute Gasteiger partial charge is 0.301 e. The highest BCUT2D eigenvalue weighted by molar-refractivity contribution is 5.93. The number of nitrogens with zero attached hydrogens (tertiary/aromatic N) is 1. The van der Waals surface area contributed by atoms with Crippen LogP contribution >= 0.6 is 0 Å². The van der Waals surface area contributed by atoms with E-state index in [1.165, 1.54) is 12.8 Å². The first kappa shape index (κ1) is 15.8. The molecule has 1 aromatic rings. The second kappa shape index (κ2) is 6.91. The minimum Gasteiger partial charge on any atom is -0.301 e. The zero-order chi connectivity index (χ0) is 15.3. The van der Waals surface area contributed by atoms with Crippen LogP contribution in [0.4, 0.5) is 13.2 Å². The largest absolute Gasteiger partial charge is 0.416 e. The van der Waals surface area contributed by atoms with Crippen molar-refractivity contribution in [3.63, 3.8) is 0 Å². The van der Waals surface area contributed by atoms with Crippen molar-refractivity contribution in [2.45, 2.75) is 19.0 Å². The Kier molecular flexibility index (Phi) is 5.19. The molecule has 7 heteroatoms. The third-order valence-corrected chi connectivity index (χ3v) is 3.35. The Labute approximate surface area is 120 Å². The number of nitrogens with one attached hydrogen (secondary N) is 1. The lowest BCUT2D eigenvalue weighted by Gasteiger charge is -2.14. The number of rotatable bonds is 5. The van der Waals surface area contributed by atoms with Gasteiger partial charge in [-0.15, -0.1) is 0 Å². The molecule has 0 unspecified atom stereocenters. The number of amides is 1. The second-order valence-electron chi connectivity index (χ2n) is 4.90. The Hall–Kier alpha value is -1.60. The van der Waals surface area contributed by atoms with E-state index >= 15 is 0 Å². The molecule has 0 atom stereocenters. The monoisotopic (exact) mass is 302 g/mol. The number of likely N-dealkylation sites (tertiary alicyclic amines) is 1. The molecule has 0 radical (unpaired) electrons. The molecule has 4 nitrogen and oxygen atoms in total. The minimum atomic E-state index is -4.40. The molecule has 0 aromatic heterocycles. The number of carbonyl (C=O) groups is 1. The zero-order valence-electron chi connectivity index (χ0n) is 11.4. The summed E-state index contributed by atoms with van der Waals surface area (Å²) in [4.78, 5) is 18.9. The van der Waals surface area contributed by atoms with Gasteiger partial charge in [-0.05, 0) is 50.2 Å². The molecule has 0 aliphatic carbocycles. The molecule has 1 fully saturated rings. The molecule has 1 aliphatic rings. The van der Waals surface area contributed by atoms with E-state index in [9.17, 15) is 18.0 Å². The van der Waals surface area contributed by atoms with E-state index in [1.54, 1.807) is 0 Å². The van der Waals surface area contributed by atoms with Crippen molar-refractivity contribution in [2.24, 2.45) is 0 Å². The quantitative estimate of drug-likeness (QED) is 0.671. The lowest BCUT2D eigenvalue weighted by Crippen LogP contribution is -2.30. The third kappa shape index (κ3) is 4.71. The van der Waals surface area contributed by atoms with Crippen molar-refractivity contribution >= 4 is 5.91 Å². The number of hydrogen-bond acceptors (Lipinski definition) is 3. The second-order valence-corrected chi connectivity index (χ2v) is 4.90. The lowest BCUT2D eigenvalue weighted by molar-refractivity contribution is -0.137. The summed E-state index contributed by atoms with van der Waals surface area (Å²) in [6.07, 6.45) is -2.04. The van der Waals surface area contributed by atoms with Gasteiger partial charge in [-0.3, -0.25) is 9.63 Å². The highest BCUT2D eigenvalue weighted by atomic mass is 19.4. The van der Waals surface area contributed by atoms with E-state index in [0.29, 0.717) is 6.61 Å². The SMILES string of the molecule is O=C(NOCCN1CCCC1)c1ccc(C(F)(F)F)cc1. The van der Waals surface area contributed by atoms with Gasteiger partial charge < -0.3 is 4.90 Å². The maximum absolute atomic E-state index is 12.4. The molecule has 0 spiro atoms. The van der Waals surface area contributed by atoms with Gasteiger partial charge in [0.25, 0.3) is 5.91 Å². The lowest BCUT2D eigenvalue weighted by atomic mass is 10.1. The normalized spacial score (nSPS) is 16.1. The van der Waals surface area contributed by atoms with Crippen LogP contribution in [0.2, 0.25) is 0 Å². The molecule has 1 aliphatic heterocycles. The van der Waals surface area contributed by atoms with E-state index in [1.807, 2.05) is 0 Å². The summed E-state index contributed by atoms with van der Waals surface area (Å²) < 4.78 is 37.2. The first-order valence-corrected chi connectivity index (χ1v) is 6.78. The predicted molar refractivity (Wildman–Crippen MR) is 70.5 cm³/mol. The Balaban J connectivity index is 1.75. The molecule has 1 saturated heterocycles. The molecule has 0 saturated carbocycles. The number of carbonyl (C=O) groups excluding carboxylic acids is 1. The van der Waals surface area contributed by atoms with Gasteiger partial charge in [0.1, 0.15) is 0 Å². The average molecular weight is 302 g/mol. The Morgan fingerprint density at radius 2 is 1.81 bits per heavy atom. The van der Waals surface area contributed by atoms with Crippen molar-refractivity contribution in [3.8, 4) is 0 Å². The van der Waals surface area contributed by atoms with E-state index in [0.717, 1.165) is 43.9 Å². The Morgan fingerprint density at radius 1 is 1.19 bits per heavy atom. The summed E-state index contributed by atoms with van der Waals surface area (Å²) in [5, 5.41) is 0. The van der Waals surface area contributed by atoms with Crippen molar-refractivity contribution < 1.29 is 22.8 Å². The van der Waals surface area contributed by atoms with Crippen molar-refractivity contribution in [1.29, 1.82) is 0 Å². The van der Waals surface area contributed by atoms with E-state index < -0.39 is 17.6 Å². The maximum Gasteiger partial charge on any atom is 0.416 e. The van der Waals surface area contributed by atoms with Crippen molar-refractivity contribution in [1.82, 2.24) is 10.4 Å². The van der Waals surface area contributed by atoms with Gasteiger partial charge in [0.15, 0.2) is 0 Å². The molecule has 1 N–H and O–H groups in total. The van der Waals surface area contributed by atoms with Gasteiger partial charge in [-0.25, -0.2) is 5.48 Å². The van der Waals surface area contributed by atoms with Crippen LogP contribution in [0.3, 0.4) is 0 Å². The summed E-state index contributed by atoms with van der Waals surface area (Å²) >= 11 is 0. The van der Waals surface area contributed by atoms with E-state index in [4.69, 9.17) is 4.84 Å². The maximum atomic E-state index is 12.4. The highest BCUT2D eigenvalue weighted by Gasteiger charge is 2.30. The van der Waals surface area contributed by atoms with Crippen LogP contribution in [0.15, 0.2) is 24.3 Å². The summed E-state index contributed by atoms with van der Waals surface area (Å²) in [7, 11) is 0. The average Bonchev–Trinajstić information content (AvgIpc) is 2.96. The fourth-order valence-corrected chi connectivity index (χ4v) is 2.17. The van der Waals surface area contributed by atoms with Crippen LogP contribution in [0, 0.1) is 0 Å². The van der Waals surface area contributed by atoms with Crippen molar-refractivity contribution in [2.75, 3.05) is 26.2 Å². The number of alkyl halides is 3. The van der Waals surface area contributed by atoms with Crippen LogP contribution in [-0.4, -0.2) is 37.0 Å². The number of halogens is 3. The molecular formula is C14H17F3N2O2. The topological polar surface area (TPSA) is 41.6 Å². The fourth-order valence-electron chi connectivity index (χ4n) is 2.17. The molecule has 116 valence electrons.